The van der Waals surface area contributed by atoms with E-state index in [-0.39, 0.29) is 6.03 Å². The van der Waals surface area contributed by atoms with Crippen molar-refractivity contribution in [2.45, 2.75) is 26.3 Å². The molecule has 2 rings (SSSR count). The van der Waals surface area contributed by atoms with Crippen LogP contribution in [-0.2, 0) is 6.54 Å². The van der Waals surface area contributed by atoms with Gasteiger partial charge >= 0.3 is 6.03 Å². The second-order valence-electron chi connectivity index (χ2n) is 4.90. The van der Waals surface area contributed by atoms with E-state index < -0.39 is 0 Å². The topological polar surface area (TPSA) is 59.0 Å². The van der Waals surface area contributed by atoms with Crippen LogP contribution >= 0.6 is 23.2 Å². The summed E-state index contributed by atoms with van der Waals surface area (Å²) in [5, 5.41) is 10.9. The van der Waals surface area contributed by atoms with Gasteiger partial charge in [-0.05, 0) is 24.1 Å². The van der Waals surface area contributed by atoms with Gasteiger partial charge < -0.3 is 10.6 Å². The zero-order valence-electron chi connectivity index (χ0n) is 12.3. The SMILES string of the molecule is CCCCNC(=O)Nc1cnn(Cc2ccc(Cl)cc2Cl)c1. The van der Waals surface area contributed by atoms with Gasteiger partial charge in [0.25, 0.3) is 0 Å². The number of carbonyl (C=O) groups is 1. The smallest absolute Gasteiger partial charge is 0.319 e. The van der Waals surface area contributed by atoms with Crippen LogP contribution in [-0.4, -0.2) is 22.4 Å². The van der Waals surface area contributed by atoms with Gasteiger partial charge in [-0.2, -0.15) is 5.10 Å². The lowest BCUT2D eigenvalue weighted by molar-refractivity contribution is 0.252. The summed E-state index contributed by atoms with van der Waals surface area (Å²) < 4.78 is 1.71. The molecule has 0 aliphatic rings. The number of unbranched alkanes of at least 4 members (excludes halogenated alkanes) is 1. The Morgan fingerprint density at radius 3 is 2.91 bits per heavy atom. The summed E-state index contributed by atoms with van der Waals surface area (Å²) >= 11 is 12.0. The van der Waals surface area contributed by atoms with Crippen molar-refractivity contribution < 1.29 is 4.79 Å². The van der Waals surface area contributed by atoms with Crippen LogP contribution in [0.25, 0.3) is 0 Å². The first kappa shape index (κ1) is 16.6. The molecule has 7 heteroatoms. The Bertz CT molecular complexity index is 642. The number of nitrogens with one attached hydrogen (secondary N) is 2. The second-order valence-corrected chi connectivity index (χ2v) is 5.74. The number of anilines is 1. The monoisotopic (exact) mass is 340 g/mol. The predicted octanol–water partition coefficient (Wildman–Crippen LogP) is 4.16. The fourth-order valence-corrected chi connectivity index (χ4v) is 2.36. The quantitative estimate of drug-likeness (QED) is 0.775. The van der Waals surface area contributed by atoms with E-state index in [1.807, 2.05) is 6.07 Å². The van der Waals surface area contributed by atoms with Gasteiger partial charge in [-0.1, -0.05) is 42.6 Å². The minimum absolute atomic E-state index is 0.225. The summed E-state index contributed by atoms with van der Waals surface area (Å²) in [6.07, 6.45) is 5.36. The molecule has 0 spiro atoms. The van der Waals surface area contributed by atoms with Crippen molar-refractivity contribution in [3.8, 4) is 0 Å². The number of rotatable bonds is 6. The van der Waals surface area contributed by atoms with Crippen LogP contribution in [0.2, 0.25) is 10.0 Å². The number of halogens is 2. The number of hydrogen-bond donors (Lipinski definition) is 2. The van der Waals surface area contributed by atoms with E-state index in [2.05, 4.69) is 22.7 Å². The van der Waals surface area contributed by atoms with Crippen LogP contribution in [0.15, 0.2) is 30.6 Å². The van der Waals surface area contributed by atoms with Gasteiger partial charge in [0.15, 0.2) is 0 Å². The molecule has 2 aromatic rings. The molecule has 2 N–H and O–H groups in total. The fourth-order valence-electron chi connectivity index (χ4n) is 1.89. The highest BCUT2D eigenvalue weighted by atomic mass is 35.5. The zero-order chi connectivity index (χ0) is 15.9. The minimum atomic E-state index is -0.225. The number of amides is 2. The molecule has 0 atom stereocenters. The standard InChI is InChI=1S/C15H18Cl2N4O/c1-2-3-6-18-15(22)20-13-8-19-21(10-13)9-11-4-5-12(16)7-14(11)17/h4-5,7-8,10H,2-3,6,9H2,1H3,(H2,18,20,22). The van der Waals surface area contributed by atoms with E-state index in [0.29, 0.717) is 28.8 Å². The third-order valence-corrected chi connectivity index (χ3v) is 3.64. The van der Waals surface area contributed by atoms with Crippen LogP contribution in [0, 0.1) is 0 Å². The molecule has 2 amide bonds. The molecule has 0 bridgehead atoms. The Hall–Kier alpha value is -1.72. The summed E-state index contributed by atoms with van der Waals surface area (Å²) in [5.74, 6) is 0. The molecule has 0 saturated carbocycles. The van der Waals surface area contributed by atoms with Gasteiger partial charge in [-0.25, -0.2) is 4.79 Å². The van der Waals surface area contributed by atoms with E-state index in [1.165, 1.54) is 0 Å². The molecule has 0 radical (unpaired) electrons. The molecule has 118 valence electrons. The van der Waals surface area contributed by atoms with E-state index in [0.717, 1.165) is 18.4 Å². The van der Waals surface area contributed by atoms with Crippen LogP contribution in [0.1, 0.15) is 25.3 Å². The van der Waals surface area contributed by atoms with Gasteiger partial charge in [0.05, 0.1) is 18.4 Å². The summed E-state index contributed by atoms with van der Waals surface area (Å²) in [4.78, 5) is 11.7. The van der Waals surface area contributed by atoms with E-state index in [4.69, 9.17) is 23.2 Å². The van der Waals surface area contributed by atoms with Crippen LogP contribution in [0.4, 0.5) is 10.5 Å². The highest BCUT2D eigenvalue weighted by molar-refractivity contribution is 6.35. The first-order valence-corrected chi connectivity index (χ1v) is 7.85. The summed E-state index contributed by atoms with van der Waals surface area (Å²) in [6, 6.07) is 5.11. The molecule has 22 heavy (non-hydrogen) atoms. The maximum absolute atomic E-state index is 11.7. The highest BCUT2D eigenvalue weighted by Crippen LogP contribution is 2.22. The Labute approximate surface area is 139 Å². The lowest BCUT2D eigenvalue weighted by Gasteiger charge is -2.05. The lowest BCUT2D eigenvalue weighted by atomic mass is 10.2. The number of hydrogen-bond acceptors (Lipinski definition) is 2. The largest absolute Gasteiger partial charge is 0.338 e. The molecule has 0 aliphatic heterocycles. The van der Waals surface area contributed by atoms with E-state index >= 15 is 0 Å². The molecule has 1 heterocycles. The normalized spacial score (nSPS) is 10.5. The van der Waals surface area contributed by atoms with Crippen LogP contribution in [0.3, 0.4) is 0 Å². The molecule has 0 aliphatic carbocycles. The van der Waals surface area contributed by atoms with Crippen molar-refractivity contribution in [3.05, 3.63) is 46.2 Å². The average Bonchev–Trinajstić information content (AvgIpc) is 2.89. The van der Waals surface area contributed by atoms with Crippen molar-refractivity contribution >= 4 is 34.9 Å². The first-order valence-electron chi connectivity index (χ1n) is 7.09. The Kier molecular flexibility index (Phi) is 6.10. The summed E-state index contributed by atoms with van der Waals surface area (Å²) in [5.41, 5.74) is 1.55. The van der Waals surface area contributed by atoms with E-state index in [9.17, 15) is 4.79 Å². The maximum atomic E-state index is 11.7. The highest BCUT2D eigenvalue weighted by Gasteiger charge is 2.06. The fraction of sp³-hybridized carbons (Fsp3) is 0.333. The van der Waals surface area contributed by atoms with Crippen molar-refractivity contribution in [2.75, 3.05) is 11.9 Å². The van der Waals surface area contributed by atoms with Crippen LogP contribution in [0.5, 0.6) is 0 Å². The van der Waals surface area contributed by atoms with Crippen molar-refractivity contribution in [1.82, 2.24) is 15.1 Å². The van der Waals surface area contributed by atoms with Gasteiger partial charge in [-0.15, -0.1) is 0 Å². The number of nitrogens with zero attached hydrogens (tertiary/aromatic N) is 2. The van der Waals surface area contributed by atoms with Crippen molar-refractivity contribution in [2.24, 2.45) is 0 Å². The molecule has 0 fully saturated rings. The number of urea groups is 1. The Balaban J connectivity index is 1.92. The predicted molar refractivity (Wildman–Crippen MR) is 89.7 cm³/mol. The van der Waals surface area contributed by atoms with Gasteiger partial charge in [0.2, 0.25) is 0 Å². The van der Waals surface area contributed by atoms with Gasteiger partial charge in [0, 0.05) is 22.8 Å². The molecule has 5 nitrogen and oxygen atoms in total. The second kappa shape index (κ2) is 8.06. The third-order valence-electron chi connectivity index (χ3n) is 3.05. The maximum Gasteiger partial charge on any atom is 0.319 e. The Morgan fingerprint density at radius 2 is 2.18 bits per heavy atom. The number of benzene rings is 1. The molecule has 0 saturated heterocycles. The summed E-state index contributed by atoms with van der Waals surface area (Å²) in [7, 11) is 0. The molecular formula is C15H18Cl2N4O. The third kappa shape index (κ3) is 4.93. The van der Waals surface area contributed by atoms with Crippen molar-refractivity contribution in [3.63, 3.8) is 0 Å². The average molecular weight is 341 g/mol. The molecular weight excluding hydrogens is 323 g/mol. The molecule has 0 unspecified atom stereocenters. The number of carbonyl (C=O) groups excluding carboxylic acids is 1. The first-order chi connectivity index (χ1) is 10.6. The van der Waals surface area contributed by atoms with Gasteiger partial charge in [0.1, 0.15) is 0 Å². The number of aromatic nitrogens is 2. The molecule has 1 aromatic heterocycles. The molecule has 1 aromatic carbocycles. The zero-order valence-corrected chi connectivity index (χ0v) is 13.8. The lowest BCUT2D eigenvalue weighted by Crippen LogP contribution is -2.29. The minimum Gasteiger partial charge on any atom is -0.338 e. The Morgan fingerprint density at radius 1 is 1.36 bits per heavy atom. The van der Waals surface area contributed by atoms with E-state index in [1.54, 1.807) is 29.2 Å². The summed E-state index contributed by atoms with van der Waals surface area (Å²) in [6.45, 7) is 3.25. The van der Waals surface area contributed by atoms with Crippen molar-refractivity contribution in [1.29, 1.82) is 0 Å². The van der Waals surface area contributed by atoms with Crippen LogP contribution < -0.4 is 10.6 Å². The van der Waals surface area contributed by atoms with Gasteiger partial charge in [-0.3, -0.25) is 4.68 Å².